The van der Waals surface area contributed by atoms with Crippen molar-refractivity contribution in [2.75, 3.05) is 25.0 Å². The second-order valence-electron chi connectivity index (χ2n) is 13.7. The van der Waals surface area contributed by atoms with Crippen LogP contribution in [0, 0.1) is 0 Å². The van der Waals surface area contributed by atoms with Crippen LogP contribution in [0.5, 0.6) is 0 Å². The van der Waals surface area contributed by atoms with Gasteiger partial charge in [-0.1, -0.05) is 121 Å². The van der Waals surface area contributed by atoms with Crippen LogP contribution in [0.4, 0.5) is 0 Å². The molecule has 0 spiro atoms. The molecule has 1 aromatic heterocycles. The van der Waals surface area contributed by atoms with E-state index in [1.165, 1.54) is 96.1 Å². The number of rotatable bonds is 10. The maximum Gasteiger partial charge on any atom is 0.0447 e. The van der Waals surface area contributed by atoms with E-state index in [2.05, 4.69) is 183 Å². The van der Waals surface area contributed by atoms with E-state index in [4.69, 9.17) is 0 Å². The van der Waals surface area contributed by atoms with Crippen LogP contribution in [0.15, 0.2) is 177 Å². The van der Waals surface area contributed by atoms with Gasteiger partial charge in [-0.15, -0.1) is 58.4 Å². The smallest absolute Gasteiger partial charge is 0.0447 e. The van der Waals surface area contributed by atoms with Crippen molar-refractivity contribution >= 4 is 58.4 Å². The van der Waals surface area contributed by atoms with Gasteiger partial charge in [-0.05, 0) is 128 Å². The van der Waals surface area contributed by atoms with Gasteiger partial charge in [-0.3, -0.25) is 0 Å². The molecule has 1 aromatic rings. The van der Waals surface area contributed by atoms with Gasteiger partial charge in [0.2, 0.25) is 0 Å². The first-order chi connectivity index (χ1) is 27.1. The van der Waals surface area contributed by atoms with Gasteiger partial charge in [0, 0.05) is 41.2 Å². The summed E-state index contributed by atoms with van der Waals surface area (Å²) in [6.07, 6.45) is 8.83. The van der Waals surface area contributed by atoms with Gasteiger partial charge < -0.3 is 0 Å². The molecule has 0 nitrogen and oxygen atoms in total. The third kappa shape index (κ3) is 6.48. The molecule has 5 heteroatoms. The Morgan fingerprint density at radius 3 is 0.782 bits per heavy atom. The van der Waals surface area contributed by atoms with Crippen molar-refractivity contribution in [3.8, 4) is 44.5 Å². The van der Waals surface area contributed by atoms with Crippen LogP contribution < -0.4 is 0 Å². The average Bonchev–Trinajstić information content (AvgIpc) is 3.85. The van der Waals surface area contributed by atoms with E-state index in [-0.39, 0.29) is 11.8 Å². The molecule has 0 aliphatic heterocycles. The fourth-order valence-corrected chi connectivity index (χ4v) is 12.4. The minimum absolute atomic E-state index is 0.0583. The molecular weight excluding hydrogens is 761 g/mol. The van der Waals surface area contributed by atoms with Crippen molar-refractivity contribution in [2.45, 2.75) is 31.4 Å². The zero-order chi connectivity index (χ0) is 37.5. The number of thiophene rings is 1. The highest BCUT2D eigenvalue weighted by atomic mass is 32.2. The van der Waals surface area contributed by atoms with E-state index in [1.54, 1.807) is 0 Å². The van der Waals surface area contributed by atoms with E-state index in [0.717, 1.165) is 0 Å². The Kier molecular flexibility index (Phi) is 10.5. The standard InChI is InChI=1S/C50H40S5/c1-51-45-27-39(31-17-9-5-13-21-35(31)45)49(40-28-46(52-2)36-22-14-6-10-18-32(36)40)43-25-26-44(55-43)50(41-29-47(53-3)37-23-15-7-11-19-33(37)41)42-30-48(54-4)38-24-16-8-12-20-34(38)42/h5-30,49-50H,1-4H3. The molecule has 270 valence electrons. The molecular formula is C50H40S5. The molecule has 9 rings (SSSR count). The predicted molar refractivity (Wildman–Crippen MR) is 246 cm³/mol. The molecule has 0 aromatic carbocycles. The van der Waals surface area contributed by atoms with E-state index < -0.39 is 0 Å². The highest BCUT2D eigenvalue weighted by molar-refractivity contribution is 7.99. The summed E-state index contributed by atoms with van der Waals surface area (Å²) < 4.78 is 0. The lowest BCUT2D eigenvalue weighted by Gasteiger charge is -2.20. The Hall–Kier alpha value is -4.10. The molecule has 0 saturated carbocycles. The quantitative estimate of drug-likeness (QED) is 0.126. The first-order valence-corrected chi connectivity index (χ1v) is 24.2. The minimum Gasteiger partial charge on any atom is -0.143 e. The zero-order valence-electron chi connectivity index (χ0n) is 31.2. The molecule has 1 heterocycles. The predicted octanol–water partition coefficient (Wildman–Crippen LogP) is 15.4. The normalized spacial score (nSPS) is 11.9. The number of thioether (sulfide) groups is 4. The molecule has 8 aliphatic rings. The Morgan fingerprint density at radius 1 is 0.309 bits per heavy atom. The fourth-order valence-electron chi connectivity index (χ4n) is 8.50. The van der Waals surface area contributed by atoms with Crippen molar-refractivity contribution in [2.24, 2.45) is 0 Å². The number of hydrogen-bond acceptors (Lipinski definition) is 5. The lowest BCUT2D eigenvalue weighted by atomic mass is 9.86. The Balaban J connectivity index is 1.31. The molecule has 8 aliphatic carbocycles. The third-order valence-electron chi connectivity index (χ3n) is 10.9. The maximum atomic E-state index is 2.47. The Bertz CT molecular complexity index is 2290. The van der Waals surface area contributed by atoms with E-state index in [0.29, 0.717) is 0 Å². The van der Waals surface area contributed by atoms with Crippen molar-refractivity contribution in [1.29, 1.82) is 0 Å². The maximum absolute atomic E-state index is 2.47. The fraction of sp³-hybridized carbons (Fsp3) is 0.120. The minimum atomic E-state index is 0.0583. The molecule has 0 unspecified atom stereocenters. The highest BCUT2D eigenvalue weighted by Gasteiger charge is 2.33. The summed E-state index contributed by atoms with van der Waals surface area (Å²) in [5.74, 6) is 0.117. The molecule has 0 saturated heterocycles. The van der Waals surface area contributed by atoms with Crippen LogP contribution >= 0.6 is 58.4 Å². The van der Waals surface area contributed by atoms with Crippen molar-refractivity contribution in [1.82, 2.24) is 0 Å². The van der Waals surface area contributed by atoms with E-state index >= 15 is 0 Å². The van der Waals surface area contributed by atoms with E-state index in [9.17, 15) is 0 Å². The summed E-state index contributed by atoms with van der Waals surface area (Å²) in [5.41, 5.74) is 16.1. The first-order valence-electron chi connectivity index (χ1n) is 18.5. The monoisotopic (exact) mass is 800 g/mol. The van der Waals surface area contributed by atoms with Crippen LogP contribution in [0.1, 0.15) is 43.8 Å². The summed E-state index contributed by atoms with van der Waals surface area (Å²) >= 11 is 9.37. The molecule has 0 bridgehead atoms. The molecule has 0 fully saturated rings. The summed E-state index contributed by atoms with van der Waals surface area (Å²) in [6.45, 7) is 0. The lowest BCUT2D eigenvalue weighted by Crippen LogP contribution is -2.02. The van der Waals surface area contributed by atoms with Crippen LogP contribution in [-0.2, 0) is 0 Å². The van der Waals surface area contributed by atoms with Crippen LogP contribution in [-0.4, -0.2) is 25.0 Å². The zero-order valence-corrected chi connectivity index (χ0v) is 35.3. The molecule has 55 heavy (non-hydrogen) atoms. The van der Waals surface area contributed by atoms with E-state index in [1.807, 2.05) is 58.4 Å². The summed E-state index contributed by atoms with van der Waals surface area (Å²) in [7, 11) is 0. The molecule has 0 atom stereocenters. The van der Waals surface area contributed by atoms with Crippen molar-refractivity contribution in [3.05, 3.63) is 190 Å². The summed E-state index contributed by atoms with van der Waals surface area (Å²) in [5, 5.41) is 0. The SMILES string of the molecule is CSc1cc(C(c2ccc(C(c3cc(SC)c4cccccc3-4)c3cc(SC)c4cccccc3-4)s2)c2cc(SC)c3cccccc2-3)c2cccccc1-2. The highest BCUT2D eigenvalue weighted by Crippen LogP contribution is 2.54. The van der Waals surface area contributed by atoms with Crippen LogP contribution in [0.25, 0.3) is 44.5 Å². The number of hydrogen-bond donors (Lipinski definition) is 0. The van der Waals surface area contributed by atoms with Crippen molar-refractivity contribution in [3.63, 3.8) is 0 Å². The van der Waals surface area contributed by atoms with Gasteiger partial charge in [0.05, 0.1) is 0 Å². The molecule has 0 amide bonds. The van der Waals surface area contributed by atoms with Gasteiger partial charge in [0.25, 0.3) is 0 Å². The lowest BCUT2D eigenvalue weighted by molar-refractivity contribution is 1.02. The third-order valence-corrected chi connectivity index (χ3v) is 15.3. The number of fused-ring (bicyclic) bond motifs is 4. The molecule has 0 N–H and O–H groups in total. The first kappa shape index (κ1) is 36.5. The summed E-state index contributed by atoms with van der Waals surface area (Å²) in [4.78, 5) is 8.05. The summed E-state index contributed by atoms with van der Waals surface area (Å²) in [6, 6.07) is 59.4. The Labute approximate surface area is 346 Å². The van der Waals surface area contributed by atoms with Crippen molar-refractivity contribution < 1.29 is 0 Å². The topological polar surface area (TPSA) is 0 Å². The van der Waals surface area contributed by atoms with Crippen LogP contribution in [0.2, 0.25) is 0 Å². The second kappa shape index (κ2) is 15.8. The molecule has 0 radical (unpaired) electrons. The largest absolute Gasteiger partial charge is 0.143 e. The van der Waals surface area contributed by atoms with Gasteiger partial charge in [0.1, 0.15) is 0 Å². The Morgan fingerprint density at radius 2 is 0.545 bits per heavy atom. The van der Waals surface area contributed by atoms with Crippen LogP contribution in [0.3, 0.4) is 0 Å². The van der Waals surface area contributed by atoms with Gasteiger partial charge in [0.15, 0.2) is 0 Å². The van der Waals surface area contributed by atoms with Gasteiger partial charge in [-0.25, -0.2) is 0 Å². The average molecular weight is 801 g/mol. The van der Waals surface area contributed by atoms with Gasteiger partial charge >= 0.3 is 0 Å². The second-order valence-corrected chi connectivity index (χ2v) is 18.3. The van der Waals surface area contributed by atoms with Gasteiger partial charge in [-0.2, -0.15) is 0 Å².